The number of hydrogen-bond acceptors (Lipinski definition) is 8. The number of amides is 1. The summed E-state index contributed by atoms with van der Waals surface area (Å²) in [6.45, 7) is 11.4. The van der Waals surface area contributed by atoms with Crippen molar-refractivity contribution in [2.24, 2.45) is 0 Å². The van der Waals surface area contributed by atoms with Gasteiger partial charge in [-0.05, 0) is 49.1 Å². The summed E-state index contributed by atoms with van der Waals surface area (Å²) >= 11 is 0. The smallest absolute Gasteiger partial charge is 0.328 e. The van der Waals surface area contributed by atoms with Crippen molar-refractivity contribution in [1.82, 2.24) is 10.2 Å². The number of esters is 1. The first-order valence-corrected chi connectivity index (χ1v) is 14.0. The number of anilines is 2. The van der Waals surface area contributed by atoms with Crippen LogP contribution in [0.25, 0.3) is 0 Å². The number of ketones is 1. The molecule has 0 fully saturated rings. The molecule has 1 amide bonds. The molecule has 0 radical (unpaired) electrons. The molecule has 2 N–H and O–H groups in total. The van der Waals surface area contributed by atoms with Gasteiger partial charge in [-0.2, -0.15) is 0 Å². The standard InChI is InChI=1S/C31H41N5O5.ClH/c1-9-40-30(39)18(2)36-10-11-41-27-23(31(3,4)5)12-19(13-25(27)36)26(37)17-35-16-20-14-24(34(7)8)22(29(38)33-6)15-21(20)28(35)32;/h12-15,18,32H,9-11,16-17H2,1-8H3,(H,33,38);1H. The summed E-state index contributed by atoms with van der Waals surface area (Å²) in [5.41, 5.74) is 4.51. The number of ether oxygens (including phenoxy) is 2. The fraction of sp³-hybridized carbons (Fsp3) is 0.484. The van der Waals surface area contributed by atoms with Crippen LogP contribution in [0.15, 0.2) is 24.3 Å². The zero-order chi connectivity index (χ0) is 30.2. The Morgan fingerprint density at radius 3 is 2.45 bits per heavy atom. The predicted molar refractivity (Wildman–Crippen MR) is 167 cm³/mol. The van der Waals surface area contributed by atoms with Crippen molar-refractivity contribution in [3.05, 3.63) is 52.1 Å². The molecule has 0 aromatic heterocycles. The normalized spacial score (nSPS) is 14.7. The SMILES string of the molecule is CCOC(=O)C(C)N1CCOc2c1cc(C(=O)CN1Cc3cc(N(C)C)c(C(=O)NC)cc3C1=N)cc2C(C)(C)C.Cl. The summed E-state index contributed by atoms with van der Waals surface area (Å²) in [6.07, 6.45) is 0. The van der Waals surface area contributed by atoms with Crippen LogP contribution in [0, 0.1) is 5.41 Å². The number of fused-ring (bicyclic) bond motifs is 2. The third kappa shape index (κ3) is 6.18. The number of carbonyl (C=O) groups excluding carboxylic acids is 3. The molecule has 10 nitrogen and oxygen atoms in total. The molecule has 1 atom stereocenters. The van der Waals surface area contributed by atoms with E-state index in [-0.39, 0.29) is 54.5 Å². The molecule has 0 saturated heterocycles. The van der Waals surface area contributed by atoms with Gasteiger partial charge in [0.1, 0.15) is 24.2 Å². The lowest BCUT2D eigenvalue weighted by molar-refractivity contribution is -0.144. The average Bonchev–Trinajstić information content (AvgIpc) is 3.23. The highest BCUT2D eigenvalue weighted by Gasteiger charge is 2.34. The maximum atomic E-state index is 13.8. The Morgan fingerprint density at radius 1 is 1.17 bits per heavy atom. The van der Waals surface area contributed by atoms with E-state index in [1.165, 1.54) is 0 Å². The highest BCUT2D eigenvalue weighted by Crippen LogP contribution is 2.43. The van der Waals surface area contributed by atoms with Gasteiger partial charge in [0, 0.05) is 50.1 Å². The second kappa shape index (κ2) is 12.6. The molecular weight excluding hydrogens is 558 g/mol. The molecule has 11 heteroatoms. The lowest BCUT2D eigenvalue weighted by Gasteiger charge is -2.37. The zero-order valence-corrected chi connectivity index (χ0v) is 26.5. The van der Waals surface area contributed by atoms with E-state index < -0.39 is 6.04 Å². The molecule has 0 bridgehead atoms. The fourth-order valence-corrected chi connectivity index (χ4v) is 5.38. The Kier molecular flexibility index (Phi) is 9.82. The molecule has 0 saturated carbocycles. The maximum Gasteiger partial charge on any atom is 0.328 e. The number of Topliss-reactive ketones (excluding diaryl/α,β-unsaturated/α-hetero) is 1. The van der Waals surface area contributed by atoms with E-state index in [2.05, 4.69) is 26.1 Å². The van der Waals surface area contributed by atoms with Crippen LogP contribution in [0.1, 0.15) is 72.0 Å². The van der Waals surface area contributed by atoms with Crippen LogP contribution in [0.4, 0.5) is 11.4 Å². The quantitative estimate of drug-likeness (QED) is 0.346. The molecule has 0 aliphatic carbocycles. The monoisotopic (exact) mass is 599 g/mol. The van der Waals surface area contributed by atoms with Crippen molar-refractivity contribution >= 4 is 47.3 Å². The first-order valence-electron chi connectivity index (χ1n) is 14.0. The number of nitrogens with one attached hydrogen (secondary N) is 2. The fourth-order valence-electron chi connectivity index (χ4n) is 5.38. The second-order valence-electron chi connectivity index (χ2n) is 11.7. The van der Waals surface area contributed by atoms with Gasteiger partial charge < -0.3 is 29.5 Å². The van der Waals surface area contributed by atoms with E-state index in [0.29, 0.717) is 47.8 Å². The average molecular weight is 600 g/mol. The number of hydrogen-bond donors (Lipinski definition) is 2. The topological polar surface area (TPSA) is 115 Å². The summed E-state index contributed by atoms with van der Waals surface area (Å²) in [5.74, 6) is 0.177. The molecule has 4 rings (SSSR count). The van der Waals surface area contributed by atoms with Crippen molar-refractivity contribution in [3.8, 4) is 5.75 Å². The summed E-state index contributed by atoms with van der Waals surface area (Å²) in [4.78, 5) is 44.6. The first kappa shape index (κ1) is 32.7. The van der Waals surface area contributed by atoms with Crippen molar-refractivity contribution < 1.29 is 23.9 Å². The molecule has 2 aromatic carbocycles. The lowest BCUT2D eigenvalue weighted by atomic mass is 9.84. The molecule has 42 heavy (non-hydrogen) atoms. The molecule has 2 aliphatic rings. The Bertz CT molecular complexity index is 1400. The number of rotatable bonds is 8. The summed E-state index contributed by atoms with van der Waals surface area (Å²) in [7, 11) is 5.32. The van der Waals surface area contributed by atoms with Gasteiger partial charge >= 0.3 is 5.97 Å². The number of benzene rings is 2. The Balaban J connectivity index is 0.00000484. The van der Waals surface area contributed by atoms with Crippen LogP contribution in [-0.2, 0) is 21.5 Å². The van der Waals surface area contributed by atoms with Gasteiger partial charge in [-0.15, -0.1) is 12.4 Å². The van der Waals surface area contributed by atoms with E-state index >= 15 is 0 Å². The summed E-state index contributed by atoms with van der Waals surface area (Å²) in [5, 5.41) is 11.5. The molecule has 0 spiro atoms. The maximum absolute atomic E-state index is 13.8. The number of nitrogens with zero attached hydrogens (tertiary/aromatic N) is 3. The van der Waals surface area contributed by atoms with E-state index in [4.69, 9.17) is 14.9 Å². The Morgan fingerprint density at radius 2 is 1.86 bits per heavy atom. The molecule has 228 valence electrons. The lowest BCUT2D eigenvalue weighted by Crippen LogP contribution is -2.45. The molecular formula is C31H42ClN5O5. The largest absolute Gasteiger partial charge is 0.489 e. The summed E-state index contributed by atoms with van der Waals surface area (Å²) in [6, 6.07) is 6.78. The van der Waals surface area contributed by atoms with Gasteiger partial charge in [0.05, 0.1) is 30.9 Å². The minimum absolute atomic E-state index is 0. The minimum Gasteiger partial charge on any atom is -0.489 e. The predicted octanol–water partition coefficient (Wildman–Crippen LogP) is 4.01. The molecule has 2 aliphatic heterocycles. The van der Waals surface area contributed by atoms with E-state index in [9.17, 15) is 14.4 Å². The third-order valence-corrected chi connectivity index (χ3v) is 7.62. The van der Waals surface area contributed by atoms with Crippen LogP contribution < -0.4 is 19.9 Å². The summed E-state index contributed by atoms with van der Waals surface area (Å²) < 4.78 is 11.4. The van der Waals surface area contributed by atoms with Crippen LogP contribution in [0.3, 0.4) is 0 Å². The molecule has 2 aromatic rings. The first-order chi connectivity index (χ1) is 19.3. The highest BCUT2D eigenvalue weighted by molar-refractivity contribution is 6.09. The molecule has 2 heterocycles. The van der Waals surface area contributed by atoms with Crippen LogP contribution in [0.5, 0.6) is 5.75 Å². The van der Waals surface area contributed by atoms with E-state index in [1.54, 1.807) is 37.9 Å². The Hall–Kier alpha value is -3.79. The van der Waals surface area contributed by atoms with Crippen LogP contribution in [-0.4, -0.2) is 81.9 Å². The number of amidine groups is 1. The number of halogens is 1. The van der Waals surface area contributed by atoms with Gasteiger partial charge in [0.15, 0.2) is 5.78 Å². The van der Waals surface area contributed by atoms with Gasteiger partial charge in [-0.1, -0.05) is 20.8 Å². The minimum atomic E-state index is -0.544. The van der Waals surface area contributed by atoms with Gasteiger partial charge in [0.2, 0.25) is 0 Å². The Labute approximate surface area is 254 Å². The van der Waals surface area contributed by atoms with E-state index in [0.717, 1.165) is 16.8 Å². The van der Waals surface area contributed by atoms with Gasteiger partial charge in [-0.3, -0.25) is 15.0 Å². The highest BCUT2D eigenvalue weighted by atomic mass is 35.5. The van der Waals surface area contributed by atoms with E-state index in [1.807, 2.05) is 36.0 Å². The third-order valence-electron chi connectivity index (χ3n) is 7.62. The van der Waals surface area contributed by atoms with Crippen molar-refractivity contribution in [3.63, 3.8) is 0 Å². The second-order valence-corrected chi connectivity index (χ2v) is 11.7. The van der Waals surface area contributed by atoms with Crippen molar-refractivity contribution in [2.75, 3.05) is 57.2 Å². The van der Waals surface area contributed by atoms with Crippen LogP contribution in [0.2, 0.25) is 0 Å². The van der Waals surface area contributed by atoms with Gasteiger partial charge in [-0.25, -0.2) is 4.79 Å². The molecule has 1 unspecified atom stereocenters. The zero-order valence-electron chi connectivity index (χ0n) is 25.7. The van der Waals surface area contributed by atoms with Gasteiger partial charge in [0.25, 0.3) is 5.91 Å². The van der Waals surface area contributed by atoms with Crippen molar-refractivity contribution in [1.29, 1.82) is 5.41 Å². The van der Waals surface area contributed by atoms with Crippen molar-refractivity contribution in [2.45, 2.75) is 52.6 Å². The number of carbonyl (C=O) groups is 3. The van der Waals surface area contributed by atoms with Crippen LogP contribution >= 0.6 is 12.4 Å².